The van der Waals surface area contributed by atoms with Gasteiger partial charge >= 0.3 is 5.97 Å². The molecule has 118 valence electrons. The fraction of sp³-hybridized carbons (Fsp3) is 0.529. The fourth-order valence-corrected chi connectivity index (χ4v) is 3.18. The number of β-lactam (4-membered cyclic amide) rings is 1. The predicted molar refractivity (Wildman–Crippen MR) is 81.9 cm³/mol. The molecule has 0 bridgehead atoms. The lowest BCUT2D eigenvalue weighted by Gasteiger charge is -2.37. The first kappa shape index (κ1) is 15.0. The smallest absolute Gasteiger partial charge is 0.329 e. The third kappa shape index (κ3) is 3.47. The van der Waals surface area contributed by atoms with Gasteiger partial charge in [0, 0.05) is 0 Å². The molecule has 2 aliphatic rings. The van der Waals surface area contributed by atoms with E-state index in [1.54, 1.807) is 0 Å². The number of nitrogens with one attached hydrogen (secondary N) is 2. The van der Waals surface area contributed by atoms with Gasteiger partial charge in [-0.25, -0.2) is 4.79 Å². The van der Waals surface area contributed by atoms with Crippen molar-refractivity contribution in [1.29, 1.82) is 0 Å². The van der Waals surface area contributed by atoms with Crippen molar-refractivity contribution in [3.63, 3.8) is 0 Å². The third-order valence-electron chi connectivity index (χ3n) is 4.56. The molecule has 0 radical (unpaired) electrons. The summed E-state index contributed by atoms with van der Waals surface area (Å²) < 4.78 is 5.33. The van der Waals surface area contributed by atoms with Crippen LogP contribution in [0, 0.1) is 11.8 Å². The Hall–Kier alpha value is -1.88. The summed E-state index contributed by atoms with van der Waals surface area (Å²) in [6.45, 7) is 2.26. The van der Waals surface area contributed by atoms with E-state index < -0.39 is 6.04 Å². The number of esters is 1. The van der Waals surface area contributed by atoms with Crippen molar-refractivity contribution in [2.24, 2.45) is 11.8 Å². The zero-order chi connectivity index (χ0) is 15.4. The van der Waals surface area contributed by atoms with Crippen molar-refractivity contribution in [3.05, 3.63) is 35.9 Å². The Labute approximate surface area is 130 Å². The summed E-state index contributed by atoms with van der Waals surface area (Å²) in [4.78, 5) is 23.9. The standard InChI is InChI=1S/C17H22N2O3/c20-16-14(10-12-6-8-18-9-7-12)15(19-16)17(21)22-11-13-4-2-1-3-5-13/h1-5,12,14-15,18H,6-11H2,(H,19,20)/t14-,15+/m1/s1. The minimum Gasteiger partial charge on any atom is -0.459 e. The maximum Gasteiger partial charge on any atom is 0.329 e. The van der Waals surface area contributed by atoms with E-state index in [0.29, 0.717) is 5.92 Å². The van der Waals surface area contributed by atoms with Gasteiger partial charge in [0.25, 0.3) is 0 Å². The molecule has 1 amide bonds. The third-order valence-corrected chi connectivity index (χ3v) is 4.56. The zero-order valence-corrected chi connectivity index (χ0v) is 12.6. The number of benzene rings is 1. The van der Waals surface area contributed by atoms with Crippen molar-refractivity contribution in [2.75, 3.05) is 13.1 Å². The molecule has 1 aromatic carbocycles. The summed E-state index contributed by atoms with van der Waals surface area (Å²) in [5.74, 6) is -0.0179. The second-order valence-corrected chi connectivity index (χ2v) is 6.12. The van der Waals surface area contributed by atoms with Crippen LogP contribution in [-0.2, 0) is 20.9 Å². The Morgan fingerprint density at radius 3 is 2.59 bits per heavy atom. The van der Waals surface area contributed by atoms with Gasteiger partial charge in [0.1, 0.15) is 12.6 Å². The van der Waals surface area contributed by atoms with E-state index in [1.807, 2.05) is 30.3 Å². The molecule has 2 saturated heterocycles. The van der Waals surface area contributed by atoms with Gasteiger partial charge in [-0.1, -0.05) is 30.3 Å². The van der Waals surface area contributed by atoms with Crippen molar-refractivity contribution in [2.45, 2.75) is 31.9 Å². The number of carbonyl (C=O) groups is 2. The van der Waals surface area contributed by atoms with Gasteiger partial charge in [0.15, 0.2) is 0 Å². The second kappa shape index (κ2) is 6.92. The number of amides is 1. The summed E-state index contributed by atoms with van der Waals surface area (Å²) in [5, 5.41) is 6.00. The van der Waals surface area contributed by atoms with Crippen LogP contribution in [0.25, 0.3) is 0 Å². The quantitative estimate of drug-likeness (QED) is 0.634. The predicted octanol–water partition coefficient (Wildman–Crippen LogP) is 1.23. The molecule has 2 N–H and O–H groups in total. The number of piperidine rings is 1. The van der Waals surface area contributed by atoms with Gasteiger partial charge < -0.3 is 15.4 Å². The summed E-state index contributed by atoms with van der Waals surface area (Å²) in [6.07, 6.45) is 2.95. The molecule has 0 spiro atoms. The average Bonchev–Trinajstić information content (AvgIpc) is 2.57. The maximum atomic E-state index is 12.1. The van der Waals surface area contributed by atoms with Crippen LogP contribution in [0.3, 0.4) is 0 Å². The molecule has 22 heavy (non-hydrogen) atoms. The largest absolute Gasteiger partial charge is 0.459 e. The first-order valence-corrected chi connectivity index (χ1v) is 7.95. The second-order valence-electron chi connectivity index (χ2n) is 6.12. The van der Waals surface area contributed by atoms with E-state index in [2.05, 4.69) is 10.6 Å². The molecular formula is C17H22N2O3. The van der Waals surface area contributed by atoms with Gasteiger partial charge in [-0.05, 0) is 43.8 Å². The molecule has 0 unspecified atom stereocenters. The minimum absolute atomic E-state index is 0.0137. The number of carbonyl (C=O) groups excluding carboxylic acids is 2. The van der Waals surface area contributed by atoms with Crippen molar-refractivity contribution in [1.82, 2.24) is 10.6 Å². The van der Waals surface area contributed by atoms with Crippen LogP contribution in [0.4, 0.5) is 0 Å². The summed E-state index contributed by atoms with van der Waals surface area (Å²) in [7, 11) is 0. The van der Waals surface area contributed by atoms with Crippen molar-refractivity contribution < 1.29 is 14.3 Å². The van der Waals surface area contributed by atoms with Gasteiger partial charge in [0.2, 0.25) is 5.91 Å². The monoisotopic (exact) mass is 302 g/mol. The Bertz CT molecular complexity index is 526. The first-order chi connectivity index (χ1) is 10.7. The van der Waals surface area contributed by atoms with Crippen molar-refractivity contribution >= 4 is 11.9 Å². The van der Waals surface area contributed by atoms with E-state index in [0.717, 1.165) is 37.9 Å². The molecule has 2 atom stereocenters. The number of hydrogen-bond donors (Lipinski definition) is 2. The summed E-state index contributed by atoms with van der Waals surface area (Å²) >= 11 is 0. The van der Waals surface area contributed by atoms with Crippen LogP contribution < -0.4 is 10.6 Å². The van der Waals surface area contributed by atoms with E-state index in [1.165, 1.54) is 0 Å². The summed E-state index contributed by atoms with van der Waals surface area (Å²) in [5.41, 5.74) is 0.955. The van der Waals surface area contributed by atoms with E-state index in [4.69, 9.17) is 4.74 Å². The number of rotatable bonds is 5. The highest BCUT2D eigenvalue weighted by molar-refractivity contribution is 5.97. The Morgan fingerprint density at radius 1 is 1.18 bits per heavy atom. The van der Waals surface area contributed by atoms with E-state index in [9.17, 15) is 9.59 Å². The normalized spacial score (nSPS) is 25.2. The summed E-state index contributed by atoms with van der Waals surface area (Å²) in [6, 6.07) is 9.11. The van der Waals surface area contributed by atoms with Crippen LogP contribution in [-0.4, -0.2) is 31.0 Å². The molecule has 0 aliphatic carbocycles. The highest BCUT2D eigenvalue weighted by Crippen LogP contribution is 2.28. The molecule has 3 rings (SSSR count). The molecule has 5 heteroatoms. The maximum absolute atomic E-state index is 12.1. The zero-order valence-electron chi connectivity index (χ0n) is 12.6. The molecule has 2 aliphatic heterocycles. The fourth-order valence-electron chi connectivity index (χ4n) is 3.18. The highest BCUT2D eigenvalue weighted by atomic mass is 16.5. The van der Waals surface area contributed by atoms with Crippen LogP contribution in [0.15, 0.2) is 30.3 Å². The lowest BCUT2D eigenvalue weighted by Crippen LogP contribution is -2.62. The highest BCUT2D eigenvalue weighted by Gasteiger charge is 2.45. The first-order valence-electron chi connectivity index (χ1n) is 7.95. The molecular weight excluding hydrogens is 280 g/mol. The van der Waals surface area contributed by atoms with Gasteiger partial charge in [-0.15, -0.1) is 0 Å². The molecule has 2 heterocycles. The van der Waals surface area contributed by atoms with Gasteiger partial charge in [-0.3, -0.25) is 4.79 Å². The lowest BCUT2D eigenvalue weighted by atomic mass is 9.79. The van der Waals surface area contributed by atoms with E-state index in [-0.39, 0.29) is 24.4 Å². The number of hydrogen-bond acceptors (Lipinski definition) is 4. The lowest BCUT2D eigenvalue weighted by molar-refractivity contribution is -0.159. The topological polar surface area (TPSA) is 67.4 Å². The minimum atomic E-state index is -0.467. The Kier molecular flexibility index (Phi) is 4.73. The average molecular weight is 302 g/mol. The SMILES string of the molecule is O=C(OCc1ccccc1)[C@H]1NC(=O)[C@@H]1CC1CCNCC1. The van der Waals surface area contributed by atoms with Crippen LogP contribution in [0.2, 0.25) is 0 Å². The Balaban J connectivity index is 1.50. The van der Waals surface area contributed by atoms with Gasteiger partial charge in [-0.2, -0.15) is 0 Å². The molecule has 0 aromatic heterocycles. The Morgan fingerprint density at radius 2 is 1.91 bits per heavy atom. The van der Waals surface area contributed by atoms with E-state index >= 15 is 0 Å². The van der Waals surface area contributed by atoms with Crippen LogP contribution in [0.5, 0.6) is 0 Å². The molecule has 2 fully saturated rings. The molecule has 5 nitrogen and oxygen atoms in total. The van der Waals surface area contributed by atoms with Gasteiger partial charge in [0.05, 0.1) is 5.92 Å². The number of ether oxygens (including phenoxy) is 1. The van der Waals surface area contributed by atoms with Crippen molar-refractivity contribution in [3.8, 4) is 0 Å². The van der Waals surface area contributed by atoms with Crippen LogP contribution >= 0.6 is 0 Å². The molecule has 1 aromatic rings. The van der Waals surface area contributed by atoms with Crippen LogP contribution in [0.1, 0.15) is 24.8 Å². The molecule has 0 saturated carbocycles.